The standard InChI is InChI=1S/C42H47N3O3/c1-37(2)17-19-42(36(48)45-25-29(44-26-45)14-13-27-11-9-8-10-12-27)20-18-41(7)34(30(42)23-37)31(46)21-33-39(5)22-28(24-43)35(47)38(3,4)32(39)15-16-40(33,41)6/h8-12,21-22,25-26,30,32,34H,15-20,23H2,1-7H3/t30-,32-,34-,39-,40+,41+,42-/m0/s1. The van der Waals surface area contributed by atoms with Gasteiger partial charge in [-0.3, -0.25) is 19.0 Å². The molecule has 1 aromatic heterocycles. The van der Waals surface area contributed by atoms with Gasteiger partial charge in [-0.25, -0.2) is 4.98 Å². The number of fused-ring (bicyclic) bond motifs is 7. The lowest BCUT2D eigenvalue weighted by Crippen LogP contribution is -2.66. The lowest BCUT2D eigenvalue weighted by molar-refractivity contribution is -0.164. The molecule has 1 heterocycles. The molecule has 2 aromatic rings. The Morgan fingerprint density at radius 1 is 0.938 bits per heavy atom. The molecule has 0 radical (unpaired) electrons. The molecule has 0 spiro atoms. The number of benzene rings is 1. The second kappa shape index (κ2) is 10.5. The van der Waals surface area contributed by atoms with Crippen LogP contribution in [0.5, 0.6) is 0 Å². The first-order valence-corrected chi connectivity index (χ1v) is 17.6. The summed E-state index contributed by atoms with van der Waals surface area (Å²) in [7, 11) is 0. The first-order chi connectivity index (χ1) is 22.5. The highest BCUT2D eigenvalue weighted by Crippen LogP contribution is 2.74. The van der Waals surface area contributed by atoms with Crippen molar-refractivity contribution in [3.63, 3.8) is 0 Å². The van der Waals surface area contributed by atoms with E-state index in [9.17, 15) is 19.6 Å². The van der Waals surface area contributed by atoms with E-state index in [1.807, 2.05) is 56.3 Å². The van der Waals surface area contributed by atoms with Gasteiger partial charge in [0.1, 0.15) is 18.1 Å². The van der Waals surface area contributed by atoms with E-state index in [1.165, 1.54) is 0 Å². The molecule has 248 valence electrons. The molecule has 7 atom stereocenters. The van der Waals surface area contributed by atoms with Gasteiger partial charge in [-0.05, 0) is 97.2 Å². The van der Waals surface area contributed by atoms with Crippen molar-refractivity contribution < 1.29 is 14.4 Å². The van der Waals surface area contributed by atoms with Crippen LogP contribution in [0.25, 0.3) is 0 Å². The van der Waals surface area contributed by atoms with Crippen LogP contribution >= 0.6 is 0 Å². The third kappa shape index (κ3) is 4.37. The maximum atomic E-state index is 14.8. The van der Waals surface area contributed by atoms with Gasteiger partial charge < -0.3 is 0 Å². The van der Waals surface area contributed by atoms with Crippen LogP contribution in [0.2, 0.25) is 0 Å². The first-order valence-electron chi connectivity index (χ1n) is 17.6. The molecule has 6 nitrogen and oxygen atoms in total. The summed E-state index contributed by atoms with van der Waals surface area (Å²) in [5.41, 5.74) is 0.0741. The zero-order chi connectivity index (χ0) is 34.5. The summed E-state index contributed by atoms with van der Waals surface area (Å²) >= 11 is 0. The van der Waals surface area contributed by atoms with E-state index >= 15 is 0 Å². The van der Waals surface area contributed by atoms with Gasteiger partial charge in [-0.15, -0.1) is 0 Å². The highest BCUT2D eigenvalue weighted by Gasteiger charge is 2.71. The minimum Gasteiger partial charge on any atom is -0.295 e. The number of rotatable bonds is 1. The van der Waals surface area contributed by atoms with Crippen molar-refractivity contribution in [2.75, 3.05) is 0 Å². The topological polar surface area (TPSA) is 92.8 Å². The minimum absolute atomic E-state index is 0.000162. The van der Waals surface area contributed by atoms with Crippen LogP contribution in [0.4, 0.5) is 0 Å². The number of hydrogen-bond donors (Lipinski definition) is 0. The van der Waals surface area contributed by atoms with Crippen LogP contribution in [-0.2, 0) is 9.59 Å². The fourth-order valence-corrected chi connectivity index (χ4v) is 11.4. The van der Waals surface area contributed by atoms with Crippen LogP contribution in [-0.4, -0.2) is 27.0 Å². The van der Waals surface area contributed by atoms with E-state index in [1.54, 1.807) is 17.1 Å². The summed E-state index contributed by atoms with van der Waals surface area (Å²) in [4.78, 5) is 47.5. The molecule has 0 saturated heterocycles. The fraction of sp³-hybridized carbons (Fsp3) is 0.548. The van der Waals surface area contributed by atoms with E-state index < -0.39 is 16.2 Å². The van der Waals surface area contributed by atoms with Gasteiger partial charge in [-0.1, -0.05) is 84.2 Å². The Morgan fingerprint density at radius 3 is 2.35 bits per heavy atom. The number of aromatic nitrogens is 2. The van der Waals surface area contributed by atoms with Crippen molar-refractivity contribution in [3.8, 4) is 17.9 Å². The Kier molecular flexibility index (Phi) is 7.10. The van der Waals surface area contributed by atoms with Gasteiger partial charge >= 0.3 is 0 Å². The second-order valence-electron chi connectivity index (χ2n) is 17.5. The molecule has 0 unspecified atom stereocenters. The number of carbonyl (C=O) groups excluding carboxylic acids is 3. The van der Waals surface area contributed by atoms with Gasteiger partial charge in [0.05, 0.1) is 11.0 Å². The molecular formula is C42H47N3O3. The monoisotopic (exact) mass is 641 g/mol. The molecule has 5 aliphatic carbocycles. The Balaban J connectivity index is 1.31. The maximum Gasteiger partial charge on any atom is 0.238 e. The highest BCUT2D eigenvalue weighted by molar-refractivity contribution is 6.04. The third-order valence-electron chi connectivity index (χ3n) is 14.2. The summed E-state index contributed by atoms with van der Waals surface area (Å²) in [5, 5.41) is 10.0. The molecule has 5 aliphatic rings. The van der Waals surface area contributed by atoms with Crippen molar-refractivity contribution >= 4 is 17.5 Å². The van der Waals surface area contributed by atoms with E-state index in [2.05, 4.69) is 57.5 Å². The van der Waals surface area contributed by atoms with Crippen molar-refractivity contribution in [1.82, 2.24) is 9.55 Å². The van der Waals surface area contributed by atoms with Crippen molar-refractivity contribution in [3.05, 3.63) is 77.4 Å². The first kappa shape index (κ1) is 32.5. The SMILES string of the molecule is CC1(C)CC[C@]2(C(=O)n3cnc(C#Cc4ccccc4)c3)CC[C@]3(C)[C@H](C(=O)C=C4[C@@]5(C)C=C(C#N)C(=O)C(C)(C)[C@@H]5CC[C@]43C)[C@@H]2C1. The number of carbonyl (C=O) groups is 3. The van der Waals surface area contributed by atoms with Crippen molar-refractivity contribution in [1.29, 1.82) is 5.26 Å². The molecule has 0 amide bonds. The van der Waals surface area contributed by atoms with Gasteiger partial charge in [-0.2, -0.15) is 5.26 Å². The predicted molar refractivity (Wildman–Crippen MR) is 184 cm³/mol. The summed E-state index contributed by atoms with van der Waals surface area (Å²) in [5.74, 6) is 5.88. The average molecular weight is 642 g/mol. The van der Waals surface area contributed by atoms with Gasteiger partial charge in [0.2, 0.25) is 5.91 Å². The fourth-order valence-electron chi connectivity index (χ4n) is 11.4. The molecule has 1 aromatic carbocycles. The normalized spacial score (nSPS) is 37.6. The number of imidazole rings is 1. The number of nitrogens with zero attached hydrogens (tertiary/aromatic N) is 3. The van der Waals surface area contributed by atoms with Crippen LogP contribution < -0.4 is 0 Å². The third-order valence-corrected chi connectivity index (χ3v) is 14.2. The highest BCUT2D eigenvalue weighted by atomic mass is 16.2. The zero-order valence-electron chi connectivity index (χ0n) is 29.4. The van der Waals surface area contributed by atoms with E-state index in [4.69, 9.17) is 0 Å². The van der Waals surface area contributed by atoms with E-state index in [0.29, 0.717) is 12.1 Å². The summed E-state index contributed by atoms with van der Waals surface area (Å²) in [6, 6.07) is 11.9. The summed E-state index contributed by atoms with van der Waals surface area (Å²) < 4.78 is 1.64. The molecule has 0 N–H and O–H groups in total. The number of hydrogen-bond acceptors (Lipinski definition) is 5. The van der Waals surface area contributed by atoms with E-state index in [-0.39, 0.29) is 57.0 Å². The number of Topliss-reactive ketones (excluding diaryl/α,β-unsaturated/α-hetero) is 1. The van der Waals surface area contributed by atoms with Crippen LogP contribution in [0.15, 0.2) is 66.2 Å². The van der Waals surface area contributed by atoms with Crippen LogP contribution in [0.3, 0.4) is 0 Å². The van der Waals surface area contributed by atoms with Gasteiger partial charge in [0.25, 0.3) is 0 Å². The van der Waals surface area contributed by atoms with E-state index in [0.717, 1.165) is 49.7 Å². The minimum atomic E-state index is -0.700. The Hall–Kier alpha value is -4.03. The van der Waals surface area contributed by atoms with Gasteiger partial charge in [0.15, 0.2) is 11.6 Å². The van der Waals surface area contributed by atoms with Crippen LogP contribution in [0, 0.1) is 73.4 Å². The quantitative estimate of drug-likeness (QED) is 0.293. The molecule has 7 rings (SSSR count). The molecule has 3 fully saturated rings. The number of allylic oxidation sites excluding steroid dienone is 4. The molecular weight excluding hydrogens is 594 g/mol. The molecule has 0 bridgehead atoms. The lowest BCUT2D eigenvalue weighted by Gasteiger charge is -2.69. The maximum absolute atomic E-state index is 14.8. The molecule has 6 heteroatoms. The summed E-state index contributed by atoms with van der Waals surface area (Å²) in [6.45, 7) is 15.3. The Labute approximate surface area is 285 Å². The lowest BCUT2D eigenvalue weighted by atomic mass is 9.34. The van der Waals surface area contributed by atoms with Crippen molar-refractivity contribution in [2.24, 2.45) is 50.2 Å². The van der Waals surface area contributed by atoms with Crippen molar-refractivity contribution in [2.45, 2.75) is 93.4 Å². The molecule has 48 heavy (non-hydrogen) atoms. The van der Waals surface area contributed by atoms with Crippen LogP contribution in [0.1, 0.15) is 109 Å². The second-order valence-corrected chi connectivity index (χ2v) is 17.5. The largest absolute Gasteiger partial charge is 0.295 e. The zero-order valence-corrected chi connectivity index (χ0v) is 29.4. The predicted octanol–water partition coefficient (Wildman–Crippen LogP) is 8.14. The number of ketones is 2. The number of nitriles is 1. The molecule has 3 saturated carbocycles. The average Bonchev–Trinajstić information content (AvgIpc) is 3.52. The smallest absolute Gasteiger partial charge is 0.238 e. The Morgan fingerprint density at radius 2 is 1.65 bits per heavy atom. The Bertz CT molecular complexity index is 1910. The molecule has 0 aliphatic heterocycles. The summed E-state index contributed by atoms with van der Waals surface area (Å²) in [6.07, 6.45) is 12.8. The van der Waals surface area contributed by atoms with Gasteiger partial charge in [0, 0.05) is 28.5 Å².